The summed E-state index contributed by atoms with van der Waals surface area (Å²) in [5.74, 6) is -0.822. The number of hydrogen-bond acceptors (Lipinski definition) is 4. The highest BCUT2D eigenvalue weighted by atomic mass is 32.2. The van der Waals surface area contributed by atoms with Gasteiger partial charge >= 0.3 is 0 Å². The zero-order valence-electron chi connectivity index (χ0n) is 15.4. The molecule has 0 aromatic heterocycles. The summed E-state index contributed by atoms with van der Waals surface area (Å²) < 4.78 is 36.0. The first-order valence-electron chi connectivity index (χ1n) is 8.90. The van der Waals surface area contributed by atoms with Crippen LogP contribution in [0.1, 0.15) is 33.6 Å². The van der Waals surface area contributed by atoms with Crippen LogP contribution in [0.2, 0.25) is 0 Å². The smallest absolute Gasteiger partial charge is 0.253 e. The van der Waals surface area contributed by atoms with Crippen molar-refractivity contribution < 1.29 is 22.4 Å². The van der Waals surface area contributed by atoms with E-state index in [0.717, 1.165) is 6.26 Å². The third kappa shape index (κ3) is 4.75. The van der Waals surface area contributed by atoms with E-state index < -0.39 is 15.7 Å². The van der Waals surface area contributed by atoms with Crippen LogP contribution in [-0.4, -0.2) is 50.5 Å². The average Bonchev–Trinajstić information content (AvgIpc) is 2.68. The van der Waals surface area contributed by atoms with Gasteiger partial charge in [-0.25, -0.2) is 12.8 Å². The molecule has 1 fully saturated rings. The number of carbonyl (C=O) groups excluding carboxylic acids is 2. The Morgan fingerprint density at radius 1 is 0.964 bits per heavy atom. The van der Waals surface area contributed by atoms with Crippen molar-refractivity contribution in [3.8, 4) is 0 Å². The molecular formula is C20H21FN2O4S. The molecule has 0 unspecified atom stereocenters. The Bertz CT molecular complexity index is 964. The maximum Gasteiger partial charge on any atom is 0.253 e. The Morgan fingerprint density at radius 2 is 1.50 bits per heavy atom. The van der Waals surface area contributed by atoms with E-state index in [1.165, 1.54) is 48.5 Å². The van der Waals surface area contributed by atoms with Gasteiger partial charge in [0.05, 0.1) is 4.90 Å². The summed E-state index contributed by atoms with van der Waals surface area (Å²) >= 11 is 0. The molecule has 2 aromatic carbocycles. The lowest BCUT2D eigenvalue weighted by molar-refractivity contribution is 0.0698. The van der Waals surface area contributed by atoms with Crippen LogP contribution in [0.3, 0.4) is 0 Å². The van der Waals surface area contributed by atoms with Crippen molar-refractivity contribution in [2.24, 2.45) is 0 Å². The van der Waals surface area contributed by atoms with Crippen LogP contribution in [0, 0.1) is 5.82 Å². The molecule has 6 nitrogen and oxygen atoms in total. The van der Waals surface area contributed by atoms with Crippen molar-refractivity contribution in [3.05, 3.63) is 65.5 Å². The Morgan fingerprint density at radius 3 is 2.04 bits per heavy atom. The fourth-order valence-electron chi connectivity index (χ4n) is 3.12. The number of likely N-dealkylation sites (tertiary alicyclic amines) is 1. The predicted molar refractivity (Wildman–Crippen MR) is 102 cm³/mol. The molecule has 2 aromatic rings. The Labute approximate surface area is 163 Å². The van der Waals surface area contributed by atoms with Crippen LogP contribution in [0.4, 0.5) is 4.39 Å². The number of rotatable bonds is 4. The van der Waals surface area contributed by atoms with Crippen LogP contribution < -0.4 is 5.32 Å². The Kier molecular flexibility index (Phi) is 5.79. The minimum atomic E-state index is -3.30. The molecule has 0 spiro atoms. The molecule has 8 heteroatoms. The van der Waals surface area contributed by atoms with Gasteiger partial charge in [-0.3, -0.25) is 9.59 Å². The van der Waals surface area contributed by atoms with Gasteiger partial charge in [0.15, 0.2) is 9.84 Å². The minimum Gasteiger partial charge on any atom is -0.349 e. The van der Waals surface area contributed by atoms with Gasteiger partial charge in [0.25, 0.3) is 11.8 Å². The van der Waals surface area contributed by atoms with E-state index in [2.05, 4.69) is 5.32 Å². The highest BCUT2D eigenvalue weighted by Crippen LogP contribution is 2.17. The molecule has 28 heavy (non-hydrogen) atoms. The van der Waals surface area contributed by atoms with Crippen molar-refractivity contribution in [1.29, 1.82) is 0 Å². The van der Waals surface area contributed by atoms with Crippen LogP contribution in [0.15, 0.2) is 53.4 Å². The van der Waals surface area contributed by atoms with Crippen molar-refractivity contribution in [2.45, 2.75) is 23.8 Å². The molecule has 1 aliphatic heterocycles. The highest BCUT2D eigenvalue weighted by Gasteiger charge is 2.25. The van der Waals surface area contributed by atoms with Gasteiger partial charge in [0.2, 0.25) is 0 Å². The van der Waals surface area contributed by atoms with Crippen LogP contribution >= 0.6 is 0 Å². The van der Waals surface area contributed by atoms with Crippen LogP contribution in [0.25, 0.3) is 0 Å². The molecule has 1 N–H and O–H groups in total. The largest absolute Gasteiger partial charge is 0.349 e. The second-order valence-electron chi connectivity index (χ2n) is 6.84. The number of halogens is 1. The molecule has 0 saturated carbocycles. The first-order chi connectivity index (χ1) is 13.2. The lowest BCUT2D eigenvalue weighted by Gasteiger charge is -2.32. The lowest BCUT2D eigenvalue weighted by Crippen LogP contribution is -2.46. The summed E-state index contributed by atoms with van der Waals surface area (Å²) in [5.41, 5.74) is 0.826. The van der Waals surface area contributed by atoms with Crippen molar-refractivity contribution in [3.63, 3.8) is 0 Å². The number of carbonyl (C=O) groups is 2. The van der Waals surface area contributed by atoms with Gasteiger partial charge in [-0.2, -0.15) is 0 Å². The number of sulfone groups is 1. The normalized spacial score (nSPS) is 15.3. The predicted octanol–water partition coefficient (Wildman–Crippen LogP) is 2.26. The summed E-state index contributed by atoms with van der Waals surface area (Å²) in [6.07, 6.45) is 2.34. The fourth-order valence-corrected chi connectivity index (χ4v) is 3.75. The lowest BCUT2D eigenvalue weighted by atomic mass is 10.0. The first kappa shape index (κ1) is 20.0. The molecule has 1 aliphatic rings. The maximum atomic E-state index is 12.9. The van der Waals surface area contributed by atoms with Crippen LogP contribution in [-0.2, 0) is 9.84 Å². The highest BCUT2D eigenvalue weighted by molar-refractivity contribution is 7.90. The number of piperidine rings is 1. The molecular weight excluding hydrogens is 383 g/mol. The molecule has 0 aliphatic carbocycles. The number of benzene rings is 2. The quantitative estimate of drug-likeness (QED) is 0.847. The summed E-state index contributed by atoms with van der Waals surface area (Å²) in [5, 5.41) is 2.91. The van der Waals surface area contributed by atoms with E-state index in [0.29, 0.717) is 37.1 Å². The standard InChI is InChI=1S/C20H21FN2O4S/c1-28(26,27)18-8-4-15(5-9-18)20(25)23-12-10-17(11-13-23)22-19(24)14-2-6-16(21)7-3-14/h2-9,17H,10-13H2,1H3,(H,22,24). The Balaban J connectivity index is 1.55. The third-order valence-electron chi connectivity index (χ3n) is 4.75. The van der Waals surface area contributed by atoms with Gasteiger partial charge in [-0.1, -0.05) is 0 Å². The van der Waals surface area contributed by atoms with E-state index in [9.17, 15) is 22.4 Å². The minimum absolute atomic E-state index is 0.0609. The summed E-state index contributed by atoms with van der Waals surface area (Å²) in [7, 11) is -3.30. The molecule has 1 heterocycles. The zero-order chi connectivity index (χ0) is 20.3. The van der Waals surface area contributed by atoms with Gasteiger partial charge in [0.1, 0.15) is 5.82 Å². The molecule has 0 bridgehead atoms. The molecule has 0 atom stereocenters. The molecule has 0 radical (unpaired) electrons. The number of hydrogen-bond donors (Lipinski definition) is 1. The first-order valence-corrected chi connectivity index (χ1v) is 10.8. The molecule has 1 saturated heterocycles. The zero-order valence-corrected chi connectivity index (χ0v) is 16.2. The van der Waals surface area contributed by atoms with E-state index in [1.54, 1.807) is 4.90 Å². The van der Waals surface area contributed by atoms with E-state index in [1.807, 2.05) is 0 Å². The molecule has 2 amide bonds. The third-order valence-corrected chi connectivity index (χ3v) is 5.88. The van der Waals surface area contributed by atoms with Crippen molar-refractivity contribution in [1.82, 2.24) is 10.2 Å². The second kappa shape index (κ2) is 8.10. The van der Waals surface area contributed by atoms with Gasteiger partial charge in [0, 0.05) is 36.5 Å². The summed E-state index contributed by atoms with van der Waals surface area (Å²) in [4.78, 5) is 26.7. The van der Waals surface area contributed by atoms with Gasteiger partial charge < -0.3 is 10.2 Å². The summed E-state index contributed by atoms with van der Waals surface area (Å²) in [6, 6.07) is 11.2. The second-order valence-corrected chi connectivity index (χ2v) is 8.86. The topological polar surface area (TPSA) is 83.6 Å². The fraction of sp³-hybridized carbons (Fsp3) is 0.300. The monoisotopic (exact) mass is 404 g/mol. The SMILES string of the molecule is CS(=O)(=O)c1ccc(C(=O)N2CCC(NC(=O)c3ccc(F)cc3)CC2)cc1. The maximum absolute atomic E-state index is 12.9. The molecule has 3 rings (SSSR count). The van der Waals surface area contributed by atoms with E-state index >= 15 is 0 Å². The Hall–Kier alpha value is -2.74. The van der Waals surface area contributed by atoms with E-state index in [4.69, 9.17) is 0 Å². The number of amides is 2. The molecule has 148 valence electrons. The number of nitrogens with zero attached hydrogens (tertiary/aromatic N) is 1. The number of nitrogens with one attached hydrogen (secondary N) is 1. The summed E-state index contributed by atoms with van der Waals surface area (Å²) in [6.45, 7) is 0.974. The van der Waals surface area contributed by atoms with Gasteiger partial charge in [-0.05, 0) is 61.4 Å². The average molecular weight is 404 g/mol. The van der Waals surface area contributed by atoms with E-state index in [-0.39, 0.29) is 22.8 Å². The van der Waals surface area contributed by atoms with Crippen LogP contribution in [0.5, 0.6) is 0 Å². The van der Waals surface area contributed by atoms with Crippen molar-refractivity contribution >= 4 is 21.7 Å². The van der Waals surface area contributed by atoms with Gasteiger partial charge in [-0.15, -0.1) is 0 Å². The van der Waals surface area contributed by atoms with Crippen molar-refractivity contribution in [2.75, 3.05) is 19.3 Å².